The quantitative estimate of drug-likeness (QED) is 0.197. The topological polar surface area (TPSA) is 31.6 Å². The second kappa shape index (κ2) is 9.36. The van der Waals surface area contributed by atoms with Crippen molar-refractivity contribution in [2.24, 2.45) is 0 Å². The van der Waals surface area contributed by atoms with Crippen molar-refractivity contribution in [3.05, 3.63) is 129 Å². The fraction of sp³-hybridized carbons (Fsp3) is 0.0667. The molecule has 2 aromatic heterocycles. The minimum atomic E-state index is -4.85. The number of H-pyrrole nitrogens is 2. The Labute approximate surface area is 215 Å². The van der Waals surface area contributed by atoms with Gasteiger partial charge in [-0.2, -0.15) is 0 Å². The summed E-state index contributed by atoms with van der Waals surface area (Å²) in [6.07, 6.45) is 18.2. The van der Waals surface area contributed by atoms with Gasteiger partial charge in [-0.3, -0.25) is 0 Å². The number of halogens is 4. The summed E-state index contributed by atoms with van der Waals surface area (Å²) in [7, 11) is 0. The number of rotatable bonds is 6. The Bertz CT molecular complexity index is 1490. The van der Waals surface area contributed by atoms with Crippen molar-refractivity contribution in [2.45, 2.75) is 12.8 Å². The molecule has 0 aliphatic heterocycles. The monoisotopic (exact) mass is 534 g/mol. The number of aromatic amines is 2. The standard InChI is InChI=1S/2C10H6F2N.2C5H5.Ti/c2*11-8-1-2-9(10(12)5-8)7-3-4-13-6-7;2*1-2-4-5-3-1;/h2*1-4,6,13H;2*1-3H,4H2;. The van der Waals surface area contributed by atoms with E-state index in [0.29, 0.717) is 31.7 Å². The van der Waals surface area contributed by atoms with Crippen molar-refractivity contribution >= 4 is 7.74 Å². The summed E-state index contributed by atoms with van der Waals surface area (Å²) >= 11 is -4.85. The molecule has 184 valence electrons. The predicted octanol–water partition coefficient (Wildman–Crippen LogP) is 7.03. The molecular weight excluding hydrogens is 512 g/mol. The first-order valence-electron chi connectivity index (χ1n) is 12.0. The summed E-state index contributed by atoms with van der Waals surface area (Å²) in [5.41, 5.74) is 1.45. The molecule has 2 nitrogen and oxygen atoms in total. The van der Waals surface area contributed by atoms with E-state index in [1.54, 1.807) is 61.2 Å². The molecule has 0 saturated heterocycles. The third-order valence-corrected chi connectivity index (χ3v) is 15.2. The van der Waals surface area contributed by atoms with Gasteiger partial charge in [0.15, 0.2) is 0 Å². The Hall–Kier alpha value is -3.61. The van der Waals surface area contributed by atoms with Gasteiger partial charge in [0.05, 0.1) is 0 Å². The van der Waals surface area contributed by atoms with Gasteiger partial charge in [0, 0.05) is 0 Å². The van der Waals surface area contributed by atoms with E-state index in [0.717, 1.165) is 0 Å². The molecule has 2 aliphatic carbocycles. The summed E-state index contributed by atoms with van der Waals surface area (Å²) in [5, 5.41) is 0. The second-order valence-corrected chi connectivity index (χ2v) is 15.1. The van der Waals surface area contributed by atoms with Crippen molar-refractivity contribution in [2.75, 3.05) is 0 Å². The van der Waals surface area contributed by atoms with Crippen molar-refractivity contribution in [3.8, 4) is 22.3 Å². The molecule has 0 amide bonds. The fourth-order valence-electron chi connectivity index (χ4n) is 5.65. The molecule has 2 aliphatic rings. The predicted molar refractivity (Wildman–Crippen MR) is 135 cm³/mol. The molecule has 0 fully saturated rings. The fourth-order valence-corrected chi connectivity index (χ4v) is 13.9. The number of allylic oxidation sites excluding steroid dienone is 8. The summed E-state index contributed by atoms with van der Waals surface area (Å²) in [6, 6.07) is 8.59. The first kappa shape index (κ1) is 23.8. The van der Waals surface area contributed by atoms with Crippen molar-refractivity contribution in [3.63, 3.8) is 0 Å². The Kier molecular flexibility index (Phi) is 6.02. The molecule has 0 radical (unpaired) electrons. The van der Waals surface area contributed by atoms with Gasteiger partial charge in [-0.15, -0.1) is 0 Å². The Morgan fingerprint density at radius 1 is 0.595 bits per heavy atom. The van der Waals surface area contributed by atoms with Crippen molar-refractivity contribution in [1.82, 2.24) is 9.97 Å². The number of hydrogen-bond acceptors (Lipinski definition) is 0. The van der Waals surface area contributed by atoms with Crippen LogP contribution in [-0.2, 0) is 16.6 Å². The molecule has 0 bridgehead atoms. The van der Waals surface area contributed by atoms with E-state index in [4.69, 9.17) is 0 Å². The van der Waals surface area contributed by atoms with Crippen LogP contribution in [0.5, 0.6) is 0 Å². The third kappa shape index (κ3) is 3.66. The van der Waals surface area contributed by atoms with Gasteiger partial charge < -0.3 is 0 Å². The van der Waals surface area contributed by atoms with Crippen molar-refractivity contribution < 1.29 is 34.2 Å². The van der Waals surface area contributed by atoms with Crippen LogP contribution in [0.3, 0.4) is 0 Å². The number of aromatic nitrogens is 2. The minimum absolute atomic E-state index is 0.188. The summed E-state index contributed by atoms with van der Waals surface area (Å²) in [6.45, 7) is 0. The molecule has 0 atom stereocenters. The van der Waals surface area contributed by atoms with Crippen LogP contribution in [0.4, 0.5) is 17.6 Å². The Morgan fingerprint density at radius 2 is 1.05 bits per heavy atom. The molecule has 2 heterocycles. The average Bonchev–Trinajstić information content (AvgIpc) is 3.71. The van der Waals surface area contributed by atoms with Gasteiger partial charge in [-0.05, 0) is 0 Å². The first-order chi connectivity index (χ1) is 18.0. The molecule has 0 spiro atoms. The SMILES string of the molecule is Fc1ccc(-c2cc[nH]c2)c(F)[c]1[Ti]([C]1=CC=CC1)([C]1=CC=CC1)[c]1c(F)ccc(-c2cc[nH]c2)c1F. The van der Waals surface area contributed by atoms with E-state index in [9.17, 15) is 0 Å². The Balaban J connectivity index is 1.76. The van der Waals surface area contributed by atoms with Crippen LogP contribution in [-0.4, -0.2) is 9.97 Å². The van der Waals surface area contributed by atoms with Crippen LogP contribution in [0.25, 0.3) is 22.3 Å². The molecule has 0 unspecified atom stereocenters. The molecule has 2 N–H and O–H groups in total. The summed E-state index contributed by atoms with van der Waals surface area (Å²) < 4.78 is 66.4. The van der Waals surface area contributed by atoms with E-state index in [1.807, 2.05) is 12.2 Å². The van der Waals surface area contributed by atoms with Crippen LogP contribution in [0, 0.1) is 23.3 Å². The van der Waals surface area contributed by atoms with Crippen LogP contribution < -0.4 is 7.74 Å². The summed E-state index contributed by atoms with van der Waals surface area (Å²) in [5.74, 6) is -3.12. The van der Waals surface area contributed by atoms with Crippen LogP contribution >= 0.6 is 0 Å². The van der Waals surface area contributed by atoms with Gasteiger partial charge in [0.2, 0.25) is 0 Å². The van der Waals surface area contributed by atoms with Crippen LogP contribution in [0.15, 0.2) is 105 Å². The van der Waals surface area contributed by atoms with Gasteiger partial charge in [0.1, 0.15) is 0 Å². The van der Waals surface area contributed by atoms with E-state index >= 15 is 17.6 Å². The molecule has 6 rings (SSSR count). The molecule has 2 aromatic carbocycles. The average molecular weight is 534 g/mol. The Morgan fingerprint density at radius 3 is 1.41 bits per heavy atom. The second-order valence-electron chi connectivity index (χ2n) is 9.17. The van der Waals surface area contributed by atoms with E-state index in [2.05, 4.69) is 9.97 Å². The molecule has 0 saturated carbocycles. The van der Waals surface area contributed by atoms with E-state index in [-0.39, 0.29) is 18.9 Å². The maximum atomic E-state index is 16.7. The van der Waals surface area contributed by atoms with Gasteiger partial charge in [-0.1, -0.05) is 0 Å². The number of nitrogens with one attached hydrogen (secondary N) is 2. The summed E-state index contributed by atoms with van der Waals surface area (Å²) in [4.78, 5) is 5.80. The molecule has 37 heavy (non-hydrogen) atoms. The zero-order valence-corrected chi connectivity index (χ0v) is 21.2. The van der Waals surface area contributed by atoms with Crippen LogP contribution in [0.2, 0.25) is 0 Å². The normalized spacial score (nSPS) is 14.9. The zero-order valence-electron chi connectivity index (χ0n) is 19.7. The third-order valence-electron chi connectivity index (χ3n) is 7.26. The number of benzene rings is 2. The molecular formula is C30H22F4N2Ti. The van der Waals surface area contributed by atoms with Gasteiger partial charge >= 0.3 is 216 Å². The zero-order chi connectivity index (χ0) is 25.6. The van der Waals surface area contributed by atoms with Gasteiger partial charge in [-0.25, -0.2) is 0 Å². The van der Waals surface area contributed by atoms with Crippen molar-refractivity contribution in [1.29, 1.82) is 0 Å². The van der Waals surface area contributed by atoms with E-state index < -0.39 is 39.9 Å². The van der Waals surface area contributed by atoms with Gasteiger partial charge in [0.25, 0.3) is 0 Å². The first-order valence-corrected chi connectivity index (χ1v) is 15.1. The molecule has 7 heteroatoms. The number of hydrogen-bond donors (Lipinski definition) is 2. The van der Waals surface area contributed by atoms with E-state index in [1.165, 1.54) is 24.3 Å². The molecule has 4 aromatic rings. The van der Waals surface area contributed by atoms with Crippen LogP contribution in [0.1, 0.15) is 12.8 Å². The maximum absolute atomic E-state index is 16.7.